The zero-order valence-electron chi connectivity index (χ0n) is 18.4. The van der Waals surface area contributed by atoms with Crippen LogP contribution in [0.25, 0.3) is 5.76 Å². The largest absolute Gasteiger partial charge is 0.507 e. The Morgan fingerprint density at radius 1 is 1.03 bits per heavy atom. The van der Waals surface area contributed by atoms with Crippen LogP contribution in [0.2, 0.25) is 0 Å². The van der Waals surface area contributed by atoms with Crippen molar-refractivity contribution in [2.45, 2.75) is 12.6 Å². The van der Waals surface area contributed by atoms with Crippen LogP contribution in [0, 0.1) is 0 Å². The van der Waals surface area contributed by atoms with Crippen molar-refractivity contribution in [2.24, 2.45) is 0 Å². The molecule has 3 heterocycles. The van der Waals surface area contributed by atoms with Crippen LogP contribution in [-0.2, 0) is 16.1 Å². The van der Waals surface area contributed by atoms with Crippen molar-refractivity contribution >= 4 is 17.4 Å². The summed E-state index contributed by atoms with van der Waals surface area (Å²) < 4.78 is 16.4. The van der Waals surface area contributed by atoms with Gasteiger partial charge in [0.05, 0.1) is 18.7 Å². The molecule has 3 aromatic rings. The number of likely N-dealkylation sites (tertiary alicyclic amines) is 1. The van der Waals surface area contributed by atoms with Gasteiger partial charge in [-0.2, -0.15) is 0 Å². The molecule has 2 aliphatic rings. The van der Waals surface area contributed by atoms with Crippen molar-refractivity contribution in [3.8, 4) is 17.2 Å². The molecule has 0 radical (unpaired) electrons. The third-order valence-corrected chi connectivity index (χ3v) is 5.89. The first-order valence-corrected chi connectivity index (χ1v) is 10.8. The highest BCUT2D eigenvalue weighted by molar-refractivity contribution is 6.46. The second-order valence-electron chi connectivity index (χ2n) is 7.91. The monoisotopic (exact) mass is 458 g/mol. The average molecular weight is 458 g/mol. The fourth-order valence-corrected chi connectivity index (χ4v) is 4.21. The molecule has 1 amide bonds. The number of aliphatic hydroxyl groups excluding tert-OH is 1. The number of aromatic nitrogens is 1. The van der Waals surface area contributed by atoms with Crippen molar-refractivity contribution in [3.05, 3.63) is 89.3 Å². The molecule has 8 nitrogen and oxygen atoms in total. The summed E-state index contributed by atoms with van der Waals surface area (Å²) in [5, 5.41) is 11.3. The number of methoxy groups -OCH3 is 1. The molecule has 34 heavy (non-hydrogen) atoms. The van der Waals surface area contributed by atoms with Crippen molar-refractivity contribution < 1.29 is 28.9 Å². The van der Waals surface area contributed by atoms with Crippen LogP contribution >= 0.6 is 0 Å². The lowest BCUT2D eigenvalue weighted by molar-refractivity contribution is -0.140. The Morgan fingerprint density at radius 3 is 2.44 bits per heavy atom. The lowest BCUT2D eigenvalue weighted by Gasteiger charge is -2.25. The van der Waals surface area contributed by atoms with Gasteiger partial charge in [0.15, 0.2) is 11.5 Å². The fraction of sp³-hybridized carbons (Fsp3) is 0.192. The van der Waals surface area contributed by atoms with E-state index >= 15 is 0 Å². The maximum absolute atomic E-state index is 13.2. The Bertz CT molecular complexity index is 1270. The highest BCUT2D eigenvalue weighted by Crippen LogP contribution is 2.42. The van der Waals surface area contributed by atoms with Gasteiger partial charge >= 0.3 is 0 Å². The van der Waals surface area contributed by atoms with Crippen LogP contribution in [-0.4, -0.2) is 47.0 Å². The van der Waals surface area contributed by atoms with Crippen LogP contribution in [0.1, 0.15) is 22.7 Å². The average Bonchev–Trinajstić information content (AvgIpc) is 3.13. The lowest BCUT2D eigenvalue weighted by atomic mass is 9.95. The van der Waals surface area contributed by atoms with Crippen molar-refractivity contribution in [2.75, 3.05) is 20.3 Å². The van der Waals surface area contributed by atoms with Gasteiger partial charge in [0, 0.05) is 24.5 Å². The van der Waals surface area contributed by atoms with Crippen molar-refractivity contribution in [1.29, 1.82) is 0 Å². The summed E-state index contributed by atoms with van der Waals surface area (Å²) >= 11 is 0. The number of ether oxygens (including phenoxy) is 3. The number of carbonyl (C=O) groups excluding carboxylic acids is 2. The zero-order valence-corrected chi connectivity index (χ0v) is 18.4. The molecule has 0 bridgehead atoms. The smallest absolute Gasteiger partial charge is 0.295 e. The number of carbonyl (C=O) groups is 2. The third-order valence-electron chi connectivity index (χ3n) is 5.89. The molecule has 1 aromatic heterocycles. The summed E-state index contributed by atoms with van der Waals surface area (Å²) in [4.78, 5) is 31.8. The van der Waals surface area contributed by atoms with Gasteiger partial charge in [-0.25, -0.2) is 0 Å². The summed E-state index contributed by atoms with van der Waals surface area (Å²) in [7, 11) is 1.56. The molecule has 1 saturated heterocycles. The summed E-state index contributed by atoms with van der Waals surface area (Å²) in [5.41, 5.74) is 1.87. The Labute approximate surface area is 196 Å². The molecule has 1 fully saturated rings. The molecule has 1 N–H and O–H groups in total. The molecular weight excluding hydrogens is 436 g/mol. The standard InChI is InChI=1S/C26H22N2O6/c1-32-19-5-2-17(3-6-19)23-22(24(29)18-4-7-20-21(14-18)34-13-12-33-20)25(30)26(31)28(23)15-16-8-10-27-11-9-16/h2-11,14,23,29H,12-13,15H2,1H3/t23-/m1/s1. The molecule has 8 heteroatoms. The van der Waals surface area contributed by atoms with Gasteiger partial charge < -0.3 is 24.2 Å². The van der Waals surface area contributed by atoms with Gasteiger partial charge in [0.1, 0.15) is 24.7 Å². The Hall–Kier alpha value is -4.33. The van der Waals surface area contributed by atoms with Crippen molar-refractivity contribution in [1.82, 2.24) is 9.88 Å². The maximum atomic E-state index is 13.2. The molecule has 0 spiro atoms. The predicted molar refractivity (Wildman–Crippen MR) is 123 cm³/mol. The molecule has 0 saturated carbocycles. The highest BCUT2D eigenvalue weighted by atomic mass is 16.6. The molecule has 2 aromatic carbocycles. The van der Waals surface area contributed by atoms with Crippen LogP contribution < -0.4 is 14.2 Å². The molecule has 2 aliphatic heterocycles. The second kappa shape index (κ2) is 8.90. The summed E-state index contributed by atoms with van der Waals surface area (Å²) in [5.74, 6) is -0.0241. The molecule has 0 unspecified atom stereocenters. The summed E-state index contributed by atoms with van der Waals surface area (Å²) in [6, 6.07) is 14.8. The van der Waals surface area contributed by atoms with E-state index in [1.54, 1.807) is 74.1 Å². The number of Topliss-reactive ketones (excluding diaryl/α,β-unsaturated/α-hetero) is 1. The van der Waals surface area contributed by atoms with E-state index in [1.807, 2.05) is 0 Å². The SMILES string of the molecule is COc1ccc([C@@H]2C(=C(O)c3ccc4c(c3)OCCO4)C(=O)C(=O)N2Cc2ccncc2)cc1. The minimum absolute atomic E-state index is 0.0147. The first kappa shape index (κ1) is 21.5. The van der Waals surface area contributed by atoms with Gasteiger partial charge in [-0.1, -0.05) is 12.1 Å². The number of hydrogen-bond donors (Lipinski definition) is 1. The van der Waals surface area contributed by atoms with Crippen molar-refractivity contribution in [3.63, 3.8) is 0 Å². The summed E-state index contributed by atoms with van der Waals surface area (Å²) in [6.07, 6.45) is 3.26. The molecule has 5 rings (SSSR count). The van der Waals surface area contributed by atoms with E-state index in [1.165, 1.54) is 4.90 Å². The predicted octanol–water partition coefficient (Wildman–Crippen LogP) is 3.48. The van der Waals surface area contributed by atoms with E-state index < -0.39 is 17.7 Å². The van der Waals surface area contributed by atoms with Gasteiger partial charge in [-0.15, -0.1) is 0 Å². The highest BCUT2D eigenvalue weighted by Gasteiger charge is 2.46. The second-order valence-corrected chi connectivity index (χ2v) is 7.91. The fourth-order valence-electron chi connectivity index (χ4n) is 4.21. The quantitative estimate of drug-likeness (QED) is 0.355. The first-order chi connectivity index (χ1) is 16.6. The van der Waals surface area contributed by atoms with Gasteiger partial charge in [-0.3, -0.25) is 14.6 Å². The van der Waals surface area contributed by atoms with Gasteiger partial charge in [0.2, 0.25) is 0 Å². The van der Waals surface area contributed by atoms with Gasteiger partial charge in [-0.05, 0) is 53.6 Å². The van der Waals surface area contributed by atoms with E-state index in [2.05, 4.69) is 4.98 Å². The van der Waals surface area contributed by atoms with Crippen LogP contribution in [0.5, 0.6) is 17.2 Å². The van der Waals surface area contributed by atoms with Crippen LogP contribution in [0.4, 0.5) is 0 Å². The number of rotatable bonds is 5. The van der Waals surface area contributed by atoms with E-state index in [4.69, 9.17) is 14.2 Å². The Morgan fingerprint density at radius 2 is 1.74 bits per heavy atom. The number of benzene rings is 2. The number of ketones is 1. The number of nitrogens with zero attached hydrogens (tertiary/aromatic N) is 2. The molecular formula is C26H22N2O6. The molecule has 172 valence electrons. The summed E-state index contributed by atoms with van der Waals surface area (Å²) in [6.45, 7) is 1.01. The van der Waals surface area contributed by atoms with E-state index in [9.17, 15) is 14.7 Å². The number of amides is 1. The first-order valence-electron chi connectivity index (χ1n) is 10.8. The van der Waals surface area contributed by atoms with Crippen LogP contribution in [0.3, 0.4) is 0 Å². The topological polar surface area (TPSA) is 98.2 Å². The normalized spacial score (nSPS) is 18.7. The Balaban J connectivity index is 1.62. The number of aliphatic hydroxyl groups is 1. The van der Waals surface area contributed by atoms with Gasteiger partial charge in [0.25, 0.3) is 11.7 Å². The maximum Gasteiger partial charge on any atom is 0.295 e. The number of pyridine rings is 1. The molecule has 0 aliphatic carbocycles. The lowest BCUT2D eigenvalue weighted by Crippen LogP contribution is -2.29. The third kappa shape index (κ3) is 3.83. The van der Waals surface area contributed by atoms with E-state index in [0.29, 0.717) is 41.6 Å². The minimum Gasteiger partial charge on any atom is -0.507 e. The zero-order chi connectivity index (χ0) is 23.7. The number of hydrogen-bond acceptors (Lipinski definition) is 7. The van der Waals surface area contributed by atoms with E-state index in [-0.39, 0.29) is 17.9 Å². The van der Waals surface area contributed by atoms with E-state index in [0.717, 1.165) is 5.56 Å². The minimum atomic E-state index is -0.785. The Kier molecular flexibility index (Phi) is 5.63. The molecule has 1 atom stereocenters. The van der Waals surface area contributed by atoms with Crippen LogP contribution in [0.15, 0.2) is 72.6 Å². The number of fused-ring (bicyclic) bond motifs is 1.